The predicted molar refractivity (Wildman–Crippen MR) is 131 cm³/mol. The van der Waals surface area contributed by atoms with Gasteiger partial charge in [-0.2, -0.15) is 0 Å². The second-order valence-corrected chi connectivity index (χ2v) is 11.9. The molecule has 0 spiro atoms. The van der Waals surface area contributed by atoms with Crippen LogP contribution in [-0.4, -0.2) is 21.4 Å². The highest BCUT2D eigenvalue weighted by Gasteiger charge is 2.27. The molecule has 7 heteroatoms. The lowest BCUT2D eigenvalue weighted by Crippen LogP contribution is -2.46. The smallest absolute Gasteiger partial charge is 0.251 e. The quantitative estimate of drug-likeness (QED) is 0.416. The Morgan fingerprint density at radius 3 is 2.55 bits per heavy atom. The molecule has 2 heterocycles. The highest BCUT2D eigenvalue weighted by Crippen LogP contribution is 2.35. The van der Waals surface area contributed by atoms with Gasteiger partial charge in [0.1, 0.15) is 5.82 Å². The molecule has 1 amide bonds. The summed E-state index contributed by atoms with van der Waals surface area (Å²) in [6.07, 6.45) is 4.48. The van der Waals surface area contributed by atoms with Gasteiger partial charge >= 0.3 is 0 Å². The summed E-state index contributed by atoms with van der Waals surface area (Å²) in [4.78, 5) is 22.7. The van der Waals surface area contributed by atoms with Crippen LogP contribution in [0.1, 0.15) is 57.0 Å². The topological polar surface area (TPSA) is 66.9 Å². The standard InChI is InChI=1S/C24H30N4OS2/c1-16-10-11-17(13-18(16)21(29)28-24(5,6)15-23(2,3)4)30-20-14-26-22(31-20)27-19-9-7-8-12-25-19/h7-14H,15H2,1-6H3,(H,28,29)(H,25,26,27). The molecule has 2 aromatic heterocycles. The number of carbonyl (C=O) groups excluding carboxylic acids is 1. The third kappa shape index (κ3) is 7.08. The Bertz CT molecular complexity index is 1040. The normalized spacial score (nSPS) is 11.9. The second-order valence-electron chi connectivity index (χ2n) is 9.48. The summed E-state index contributed by atoms with van der Waals surface area (Å²) in [6.45, 7) is 12.7. The molecule has 0 aliphatic heterocycles. The summed E-state index contributed by atoms with van der Waals surface area (Å²) in [6, 6.07) is 11.7. The summed E-state index contributed by atoms with van der Waals surface area (Å²) in [5, 5.41) is 7.22. The van der Waals surface area contributed by atoms with Crippen LogP contribution in [0.15, 0.2) is 57.9 Å². The Hall–Kier alpha value is -2.38. The SMILES string of the molecule is Cc1ccc(Sc2cnc(Nc3ccccn3)s2)cc1C(=O)NC(C)(C)CC(C)(C)C. The zero-order chi connectivity index (χ0) is 22.6. The lowest BCUT2D eigenvalue weighted by atomic mass is 9.81. The van der Waals surface area contributed by atoms with Crippen LogP contribution in [0.3, 0.4) is 0 Å². The van der Waals surface area contributed by atoms with Gasteiger partial charge in [0.2, 0.25) is 0 Å². The molecule has 164 valence electrons. The van der Waals surface area contributed by atoms with Crippen molar-refractivity contribution in [2.45, 2.75) is 62.6 Å². The van der Waals surface area contributed by atoms with Crippen molar-refractivity contribution in [3.05, 3.63) is 59.9 Å². The van der Waals surface area contributed by atoms with Crippen LogP contribution >= 0.6 is 23.1 Å². The summed E-state index contributed by atoms with van der Waals surface area (Å²) in [7, 11) is 0. The zero-order valence-corrected chi connectivity index (χ0v) is 20.6. The van der Waals surface area contributed by atoms with Gasteiger partial charge in [-0.3, -0.25) is 4.79 Å². The van der Waals surface area contributed by atoms with E-state index in [1.165, 1.54) is 0 Å². The van der Waals surface area contributed by atoms with Crippen LogP contribution in [0, 0.1) is 12.3 Å². The van der Waals surface area contributed by atoms with Crippen LogP contribution in [-0.2, 0) is 0 Å². The molecule has 0 aliphatic carbocycles. The highest BCUT2D eigenvalue weighted by atomic mass is 32.2. The number of aryl methyl sites for hydroxylation is 1. The van der Waals surface area contributed by atoms with E-state index in [4.69, 9.17) is 0 Å². The number of hydrogen-bond donors (Lipinski definition) is 2. The maximum absolute atomic E-state index is 13.0. The first-order chi connectivity index (χ1) is 14.5. The van der Waals surface area contributed by atoms with Crippen molar-refractivity contribution in [1.29, 1.82) is 0 Å². The molecule has 0 unspecified atom stereocenters. The fourth-order valence-electron chi connectivity index (χ4n) is 3.68. The van der Waals surface area contributed by atoms with E-state index in [0.717, 1.165) is 32.0 Å². The molecular weight excluding hydrogens is 424 g/mol. The van der Waals surface area contributed by atoms with Gasteiger partial charge in [0.05, 0.1) is 10.4 Å². The Balaban J connectivity index is 1.70. The molecule has 1 aromatic carbocycles. The fraction of sp³-hybridized carbons (Fsp3) is 0.375. The number of aromatic nitrogens is 2. The Morgan fingerprint density at radius 1 is 1.10 bits per heavy atom. The van der Waals surface area contributed by atoms with E-state index in [2.05, 4.69) is 55.2 Å². The van der Waals surface area contributed by atoms with Crippen LogP contribution in [0.25, 0.3) is 0 Å². The molecule has 0 saturated carbocycles. The lowest BCUT2D eigenvalue weighted by Gasteiger charge is -2.33. The second kappa shape index (κ2) is 9.40. The first-order valence-corrected chi connectivity index (χ1v) is 11.9. The number of rotatable bonds is 7. The van der Waals surface area contributed by atoms with Crippen molar-refractivity contribution >= 4 is 40.0 Å². The average Bonchev–Trinajstić information content (AvgIpc) is 3.08. The molecule has 0 aliphatic rings. The van der Waals surface area contributed by atoms with Crippen molar-refractivity contribution in [1.82, 2.24) is 15.3 Å². The summed E-state index contributed by atoms with van der Waals surface area (Å²) < 4.78 is 1.04. The minimum atomic E-state index is -0.283. The van der Waals surface area contributed by atoms with E-state index in [-0.39, 0.29) is 16.9 Å². The van der Waals surface area contributed by atoms with Crippen molar-refractivity contribution in [2.75, 3.05) is 5.32 Å². The van der Waals surface area contributed by atoms with Gasteiger partial charge in [0.25, 0.3) is 5.91 Å². The van der Waals surface area contributed by atoms with Crippen LogP contribution < -0.4 is 10.6 Å². The molecule has 0 saturated heterocycles. The van der Waals surface area contributed by atoms with Gasteiger partial charge in [0, 0.05) is 22.2 Å². The molecular formula is C24H30N4OS2. The largest absolute Gasteiger partial charge is 0.347 e. The Labute approximate surface area is 193 Å². The van der Waals surface area contributed by atoms with Gasteiger partial charge in [-0.15, -0.1) is 0 Å². The van der Waals surface area contributed by atoms with E-state index < -0.39 is 0 Å². The fourth-order valence-corrected chi connectivity index (χ4v) is 5.58. The molecule has 0 atom stereocenters. The van der Waals surface area contributed by atoms with Gasteiger partial charge in [-0.25, -0.2) is 9.97 Å². The third-order valence-corrected chi connectivity index (χ3v) is 6.48. The van der Waals surface area contributed by atoms with E-state index in [0.29, 0.717) is 5.56 Å². The summed E-state index contributed by atoms with van der Waals surface area (Å²) in [5.41, 5.74) is 1.53. The molecule has 2 N–H and O–H groups in total. The molecule has 31 heavy (non-hydrogen) atoms. The molecule has 3 aromatic rings. The first-order valence-electron chi connectivity index (χ1n) is 10.3. The van der Waals surface area contributed by atoms with E-state index >= 15 is 0 Å². The molecule has 0 fully saturated rings. The van der Waals surface area contributed by atoms with Gasteiger partial charge in [-0.1, -0.05) is 56.0 Å². The molecule has 3 rings (SSSR count). The average molecular weight is 455 g/mol. The monoisotopic (exact) mass is 454 g/mol. The Kier molecular flexibility index (Phi) is 7.06. The number of benzene rings is 1. The number of carbonyl (C=O) groups is 1. The Morgan fingerprint density at radius 2 is 1.87 bits per heavy atom. The number of nitrogens with zero attached hydrogens (tertiary/aromatic N) is 2. The van der Waals surface area contributed by atoms with Crippen molar-refractivity contribution in [3.8, 4) is 0 Å². The number of hydrogen-bond acceptors (Lipinski definition) is 6. The van der Waals surface area contributed by atoms with Crippen LogP contribution in [0.5, 0.6) is 0 Å². The predicted octanol–water partition coefficient (Wildman–Crippen LogP) is 6.69. The highest BCUT2D eigenvalue weighted by molar-refractivity contribution is 8.01. The van der Waals surface area contributed by atoms with Gasteiger partial charge < -0.3 is 10.6 Å². The lowest BCUT2D eigenvalue weighted by molar-refractivity contribution is 0.0890. The summed E-state index contributed by atoms with van der Waals surface area (Å²) in [5.74, 6) is 0.733. The number of pyridine rings is 1. The minimum Gasteiger partial charge on any atom is -0.347 e. The van der Waals surface area contributed by atoms with Gasteiger partial charge in [-0.05, 0) is 62.4 Å². The number of nitrogens with one attached hydrogen (secondary N) is 2. The molecule has 0 radical (unpaired) electrons. The van der Waals surface area contributed by atoms with E-state index in [1.807, 2.05) is 49.5 Å². The first kappa shape index (κ1) is 23.3. The maximum Gasteiger partial charge on any atom is 0.251 e. The van der Waals surface area contributed by atoms with Crippen molar-refractivity contribution < 1.29 is 4.79 Å². The molecule has 5 nitrogen and oxygen atoms in total. The number of amides is 1. The van der Waals surface area contributed by atoms with Crippen molar-refractivity contribution in [3.63, 3.8) is 0 Å². The maximum atomic E-state index is 13.0. The zero-order valence-electron chi connectivity index (χ0n) is 18.9. The van der Waals surface area contributed by atoms with Crippen LogP contribution in [0.2, 0.25) is 0 Å². The van der Waals surface area contributed by atoms with E-state index in [1.54, 1.807) is 29.3 Å². The summed E-state index contributed by atoms with van der Waals surface area (Å²) >= 11 is 3.16. The van der Waals surface area contributed by atoms with Gasteiger partial charge in [0.15, 0.2) is 5.13 Å². The van der Waals surface area contributed by atoms with Crippen LogP contribution in [0.4, 0.5) is 10.9 Å². The third-order valence-electron chi connectivity index (χ3n) is 4.48. The number of thiazole rings is 1. The van der Waals surface area contributed by atoms with Crippen molar-refractivity contribution in [2.24, 2.45) is 5.41 Å². The number of anilines is 2. The minimum absolute atomic E-state index is 0.0315. The molecule has 0 bridgehead atoms. The van der Waals surface area contributed by atoms with E-state index in [9.17, 15) is 4.79 Å².